The number of carboxylic acid groups (broad SMARTS) is 1. The van der Waals surface area contributed by atoms with Gasteiger partial charge in [-0.05, 0) is 30.4 Å². The molecular weight excluding hydrogens is 576 g/mol. The van der Waals surface area contributed by atoms with Gasteiger partial charge in [0.05, 0.1) is 25.3 Å². The number of para-hydroxylation sites is 1. The number of aliphatic carboxylic acids is 1. The van der Waals surface area contributed by atoms with Gasteiger partial charge in [-0.2, -0.15) is 0 Å². The van der Waals surface area contributed by atoms with Crippen LogP contribution in [0.2, 0.25) is 5.02 Å². The lowest BCUT2D eigenvalue weighted by Crippen LogP contribution is -2.43. The molecule has 1 heterocycles. The molecule has 0 aromatic heterocycles. The number of carbonyl (C=O) groups is 3. The zero-order chi connectivity index (χ0) is 31.7. The second-order valence-electron chi connectivity index (χ2n) is 12.0. The molecule has 1 fully saturated rings. The summed E-state index contributed by atoms with van der Waals surface area (Å²) in [7, 11) is 1.50. The van der Waals surface area contributed by atoms with Gasteiger partial charge in [0, 0.05) is 67.7 Å². The average molecular weight is 619 g/mol. The Morgan fingerprint density at radius 3 is 2.49 bits per heavy atom. The number of nitrogens with zero attached hydrogens (tertiary/aromatic N) is 2. The molecule has 1 aliphatic rings. The van der Waals surface area contributed by atoms with Crippen LogP contribution in [0.25, 0.3) is 0 Å². The highest BCUT2D eigenvalue weighted by atomic mass is 35.5. The van der Waals surface area contributed by atoms with Gasteiger partial charge >= 0.3 is 5.97 Å². The van der Waals surface area contributed by atoms with Crippen molar-refractivity contribution in [3.63, 3.8) is 0 Å². The summed E-state index contributed by atoms with van der Waals surface area (Å²) in [5, 5.41) is 30.8. The molecule has 11 heteroatoms. The molecule has 10 nitrogen and oxygen atoms in total. The average Bonchev–Trinajstić information content (AvgIpc) is 2.97. The summed E-state index contributed by atoms with van der Waals surface area (Å²) >= 11 is 6.51. The van der Waals surface area contributed by atoms with Gasteiger partial charge < -0.3 is 34.6 Å². The number of amides is 2. The van der Waals surface area contributed by atoms with Crippen molar-refractivity contribution in [1.29, 1.82) is 0 Å². The molecule has 2 amide bonds. The molecule has 0 spiro atoms. The number of hydrogen-bond donors (Lipinski definition) is 3. The van der Waals surface area contributed by atoms with Crippen LogP contribution in [-0.4, -0.2) is 78.0 Å². The first-order valence-corrected chi connectivity index (χ1v) is 14.9. The number of aliphatic hydroxyl groups excluding tert-OH is 2. The summed E-state index contributed by atoms with van der Waals surface area (Å²) in [5.74, 6) is -1.48. The number of halogens is 1. The monoisotopic (exact) mass is 618 g/mol. The topological polar surface area (TPSA) is 137 Å². The molecule has 0 unspecified atom stereocenters. The van der Waals surface area contributed by atoms with E-state index in [1.807, 2.05) is 20.8 Å². The largest absolute Gasteiger partial charge is 0.496 e. The van der Waals surface area contributed by atoms with E-state index in [4.69, 9.17) is 21.1 Å². The van der Waals surface area contributed by atoms with Crippen LogP contribution in [0.1, 0.15) is 70.1 Å². The van der Waals surface area contributed by atoms with Gasteiger partial charge in [-0.1, -0.05) is 50.6 Å². The van der Waals surface area contributed by atoms with Crippen molar-refractivity contribution in [1.82, 2.24) is 4.90 Å². The number of aliphatic hydroxyl groups is 2. The van der Waals surface area contributed by atoms with Crippen molar-refractivity contribution in [2.24, 2.45) is 11.3 Å². The van der Waals surface area contributed by atoms with Crippen molar-refractivity contribution in [3.8, 4) is 11.5 Å². The highest BCUT2D eigenvalue weighted by Crippen LogP contribution is 2.43. The van der Waals surface area contributed by atoms with Gasteiger partial charge in [-0.3, -0.25) is 14.4 Å². The van der Waals surface area contributed by atoms with Crippen LogP contribution in [0.3, 0.4) is 0 Å². The molecule has 3 rings (SSSR count). The second kappa shape index (κ2) is 15.4. The van der Waals surface area contributed by atoms with E-state index in [0.29, 0.717) is 48.4 Å². The van der Waals surface area contributed by atoms with E-state index >= 15 is 0 Å². The lowest BCUT2D eigenvalue weighted by atomic mass is 9.93. The maximum Gasteiger partial charge on any atom is 0.308 e. The number of methoxy groups -OCH3 is 1. The van der Waals surface area contributed by atoms with Crippen LogP contribution in [0.15, 0.2) is 36.4 Å². The smallest absolute Gasteiger partial charge is 0.308 e. The van der Waals surface area contributed by atoms with Crippen molar-refractivity contribution in [2.75, 3.05) is 44.9 Å². The summed E-state index contributed by atoms with van der Waals surface area (Å²) in [5.41, 5.74) is 0.708. The van der Waals surface area contributed by atoms with Crippen LogP contribution in [0.5, 0.6) is 11.5 Å². The molecule has 43 heavy (non-hydrogen) atoms. The maximum absolute atomic E-state index is 14.0. The fraction of sp³-hybridized carbons (Fsp3) is 0.531. The Hall–Kier alpha value is -3.34. The molecule has 236 valence electrons. The van der Waals surface area contributed by atoms with E-state index < -0.39 is 23.4 Å². The second-order valence-corrected chi connectivity index (χ2v) is 12.4. The third-order valence-electron chi connectivity index (χ3n) is 7.24. The number of carboxylic acids is 1. The minimum absolute atomic E-state index is 0.0928. The third-order valence-corrected chi connectivity index (χ3v) is 7.46. The van der Waals surface area contributed by atoms with Crippen LogP contribution in [0.4, 0.5) is 5.69 Å². The summed E-state index contributed by atoms with van der Waals surface area (Å²) in [6, 6.07) is 10.1. The quantitative estimate of drug-likeness (QED) is 0.275. The fourth-order valence-corrected chi connectivity index (χ4v) is 5.40. The lowest BCUT2D eigenvalue weighted by Gasteiger charge is -2.34. The standard InChI is InChI=1S/C32H43ClN2O8/c1-32(2,3)20-35(28(38)13-12-27(37)34-14-7-9-21(19-34)31(40)41)29-24(17-22(33)18-26(29)43-16-8-15-36)30(39)23-10-5-6-11-25(23)42-4/h5-6,10-11,17-18,21,30,36,39H,7-9,12-16,19-20H2,1-4H3,(H,40,41)/t21-,30+/m0/s1. The van der Waals surface area contributed by atoms with Crippen LogP contribution < -0.4 is 14.4 Å². The molecule has 0 bridgehead atoms. The van der Waals surface area contributed by atoms with Crippen LogP contribution >= 0.6 is 11.6 Å². The number of anilines is 1. The number of ether oxygens (including phenoxy) is 2. The normalized spacial score (nSPS) is 16.0. The fourth-order valence-electron chi connectivity index (χ4n) is 5.19. The van der Waals surface area contributed by atoms with Gasteiger partial charge in [0.25, 0.3) is 0 Å². The minimum Gasteiger partial charge on any atom is -0.496 e. The number of piperidine rings is 1. The lowest BCUT2D eigenvalue weighted by molar-refractivity contribution is -0.146. The SMILES string of the molecule is COc1ccccc1[C@@H](O)c1cc(Cl)cc(OCCCO)c1N(CC(C)(C)C)C(=O)CCC(=O)N1CCC[C@H](C(=O)O)C1. The Kier molecular flexibility index (Phi) is 12.2. The van der Waals surface area contributed by atoms with E-state index in [1.165, 1.54) is 16.9 Å². The Labute approximate surface area is 258 Å². The summed E-state index contributed by atoms with van der Waals surface area (Å²) in [6.45, 7) is 6.77. The maximum atomic E-state index is 14.0. The van der Waals surface area contributed by atoms with Gasteiger partial charge in [0.1, 0.15) is 17.6 Å². The molecule has 3 N–H and O–H groups in total. The molecule has 2 atom stereocenters. The number of rotatable bonds is 13. The van der Waals surface area contributed by atoms with Crippen molar-refractivity contribution < 1.29 is 39.2 Å². The van der Waals surface area contributed by atoms with Gasteiger partial charge in [0.2, 0.25) is 11.8 Å². The molecule has 1 aliphatic heterocycles. The number of benzene rings is 2. The Balaban J connectivity index is 2.03. The van der Waals surface area contributed by atoms with Crippen molar-refractivity contribution >= 4 is 35.1 Å². The summed E-state index contributed by atoms with van der Waals surface area (Å²) < 4.78 is 11.5. The first-order chi connectivity index (χ1) is 20.4. The molecule has 2 aromatic carbocycles. The van der Waals surface area contributed by atoms with Gasteiger partial charge in [-0.15, -0.1) is 0 Å². The molecule has 0 aliphatic carbocycles. The Morgan fingerprint density at radius 2 is 1.84 bits per heavy atom. The molecule has 0 radical (unpaired) electrons. The number of carbonyl (C=O) groups excluding carboxylic acids is 2. The zero-order valence-corrected chi connectivity index (χ0v) is 26.1. The van der Waals surface area contributed by atoms with Gasteiger partial charge in [-0.25, -0.2) is 0 Å². The summed E-state index contributed by atoms with van der Waals surface area (Å²) in [4.78, 5) is 41.6. The Morgan fingerprint density at radius 1 is 1.12 bits per heavy atom. The van der Waals surface area contributed by atoms with Gasteiger partial charge in [0.15, 0.2) is 0 Å². The van der Waals surface area contributed by atoms with Crippen molar-refractivity contribution in [3.05, 3.63) is 52.5 Å². The van der Waals surface area contributed by atoms with E-state index in [1.54, 1.807) is 36.4 Å². The van der Waals surface area contributed by atoms with E-state index in [-0.39, 0.29) is 61.7 Å². The first kappa shape index (κ1) is 34.2. The number of likely N-dealkylation sites (tertiary alicyclic amines) is 1. The molecule has 2 aromatic rings. The first-order valence-electron chi connectivity index (χ1n) is 14.5. The highest BCUT2D eigenvalue weighted by Gasteiger charge is 2.33. The van der Waals surface area contributed by atoms with E-state index in [2.05, 4.69) is 0 Å². The molecular formula is C32H43ClN2O8. The van der Waals surface area contributed by atoms with Crippen LogP contribution in [-0.2, 0) is 14.4 Å². The molecule has 0 saturated carbocycles. The van der Waals surface area contributed by atoms with Crippen molar-refractivity contribution in [2.45, 2.75) is 59.0 Å². The van der Waals surface area contributed by atoms with E-state index in [0.717, 1.165) is 0 Å². The minimum atomic E-state index is -1.25. The van der Waals surface area contributed by atoms with E-state index in [9.17, 15) is 29.7 Å². The zero-order valence-electron chi connectivity index (χ0n) is 25.3. The van der Waals surface area contributed by atoms with Crippen LogP contribution in [0, 0.1) is 11.3 Å². The summed E-state index contributed by atoms with van der Waals surface area (Å²) in [6.07, 6.45) is -0.0224. The molecule has 1 saturated heterocycles. The Bertz CT molecular complexity index is 1280. The third kappa shape index (κ3) is 9.32. The predicted octanol–water partition coefficient (Wildman–Crippen LogP) is 4.67. The number of hydrogen-bond acceptors (Lipinski definition) is 7. The highest BCUT2D eigenvalue weighted by molar-refractivity contribution is 6.31. The predicted molar refractivity (Wildman–Crippen MR) is 164 cm³/mol.